The van der Waals surface area contributed by atoms with Gasteiger partial charge in [0.15, 0.2) is 0 Å². The van der Waals surface area contributed by atoms with Crippen molar-refractivity contribution in [3.05, 3.63) is 203 Å². The molecule has 0 unspecified atom stereocenters. The van der Waals surface area contributed by atoms with E-state index in [4.69, 9.17) is 4.42 Å². The Labute approximate surface area is 346 Å². The highest BCUT2D eigenvalue weighted by Crippen LogP contribution is 2.42. The van der Waals surface area contributed by atoms with Crippen molar-refractivity contribution in [2.24, 2.45) is 0 Å². The number of rotatable bonds is 7. The molecule has 0 atom stereocenters. The molecule has 10 rings (SSSR count). The average Bonchev–Trinajstić information content (AvgIpc) is 3.57. The summed E-state index contributed by atoms with van der Waals surface area (Å²) in [7, 11) is 0. The van der Waals surface area contributed by atoms with Crippen LogP contribution >= 0.6 is 0 Å². The molecule has 0 saturated carbocycles. The Bertz CT molecular complexity index is 3220. The summed E-state index contributed by atoms with van der Waals surface area (Å²) in [6.45, 7) is 13.0. The standard InChI is InChI=1S/C56H46N2O/c1-35-23-36(2)26-49(25-35)57(53-13-9-7-11-39(53)5)47-20-17-42-29-41(15-16-43(42)30-47)45-19-22-51-52-32-44-18-21-48(31-46(44)34-56(52)59-55(51)33-45)58(54-14-10-8-12-40(54)6)50-27-37(3)24-38(4)28-50/h7-34H,1-6H3. The predicted octanol–water partition coefficient (Wildman–Crippen LogP) is 16.3. The lowest BCUT2D eigenvalue weighted by molar-refractivity contribution is 0.669. The van der Waals surface area contributed by atoms with Gasteiger partial charge in [0.2, 0.25) is 0 Å². The van der Waals surface area contributed by atoms with E-state index in [2.05, 4.69) is 221 Å². The molecule has 0 radical (unpaired) electrons. The fourth-order valence-electron chi connectivity index (χ4n) is 9.02. The van der Waals surface area contributed by atoms with Crippen molar-refractivity contribution in [3.63, 3.8) is 0 Å². The largest absolute Gasteiger partial charge is 0.456 e. The highest BCUT2D eigenvalue weighted by molar-refractivity contribution is 6.11. The van der Waals surface area contributed by atoms with E-state index in [0.29, 0.717) is 0 Å². The maximum Gasteiger partial charge on any atom is 0.136 e. The molecule has 0 N–H and O–H groups in total. The highest BCUT2D eigenvalue weighted by atomic mass is 16.3. The molecule has 0 saturated heterocycles. The summed E-state index contributed by atoms with van der Waals surface area (Å²) >= 11 is 0. The van der Waals surface area contributed by atoms with Gasteiger partial charge in [-0.15, -0.1) is 0 Å². The van der Waals surface area contributed by atoms with Crippen molar-refractivity contribution in [2.45, 2.75) is 41.5 Å². The zero-order chi connectivity index (χ0) is 40.4. The number of aryl methyl sites for hydroxylation is 6. The molecule has 0 bridgehead atoms. The van der Waals surface area contributed by atoms with Crippen molar-refractivity contribution in [2.75, 3.05) is 9.80 Å². The number of para-hydroxylation sites is 2. The number of nitrogens with zero attached hydrogens (tertiary/aromatic N) is 2. The fourth-order valence-corrected chi connectivity index (χ4v) is 9.02. The summed E-state index contributed by atoms with van der Waals surface area (Å²) < 4.78 is 6.66. The zero-order valence-electron chi connectivity index (χ0n) is 34.5. The molecule has 0 aliphatic carbocycles. The van der Waals surface area contributed by atoms with Crippen molar-refractivity contribution in [1.82, 2.24) is 0 Å². The summed E-state index contributed by atoms with van der Waals surface area (Å²) in [5, 5.41) is 6.98. The minimum Gasteiger partial charge on any atom is -0.456 e. The molecule has 286 valence electrons. The van der Waals surface area contributed by atoms with Crippen LogP contribution < -0.4 is 9.80 Å². The summed E-state index contributed by atoms with van der Waals surface area (Å²) in [6, 6.07) is 62.3. The second kappa shape index (κ2) is 14.4. The smallest absolute Gasteiger partial charge is 0.136 e. The van der Waals surface area contributed by atoms with Gasteiger partial charge in [-0.2, -0.15) is 0 Å². The lowest BCUT2D eigenvalue weighted by atomic mass is 9.99. The molecular formula is C56H46N2O. The van der Waals surface area contributed by atoms with Crippen LogP contribution in [0.3, 0.4) is 0 Å². The summed E-state index contributed by atoms with van der Waals surface area (Å²) in [4.78, 5) is 4.76. The van der Waals surface area contributed by atoms with Crippen LogP contribution in [0, 0.1) is 41.5 Å². The molecule has 3 heteroatoms. The Kier molecular flexibility index (Phi) is 8.83. The maximum atomic E-state index is 6.66. The molecule has 0 aliphatic rings. The minimum absolute atomic E-state index is 0.891. The van der Waals surface area contributed by atoms with Crippen LogP contribution in [-0.2, 0) is 0 Å². The Hall–Kier alpha value is -7.10. The second-order valence-corrected chi connectivity index (χ2v) is 16.4. The van der Waals surface area contributed by atoms with Crippen LogP contribution in [0.25, 0.3) is 54.6 Å². The Morgan fingerprint density at radius 2 is 0.780 bits per heavy atom. The first-order valence-corrected chi connectivity index (χ1v) is 20.5. The van der Waals surface area contributed by atoms with E-state index in [1.165, 1.54) is 66.6 Å². The van der Waals surface area contributed by atoms with Crippen LogP contribution in [-0.4, -0.2) is 0 Å². The minimum atomic E-state index is 0.891. The van der Waals surface area contributed by atoms with Gasteiger partial charge in [-0.25, -0.2) is 0 Å². The normalized spacial score (nSPS) is 11.6. The number of hydrogen-bond acceptors (Lipinski definition) is 3. The van der Waals surface area contributed by atoms with E-state index in [0.717, 1.165) is 55.5 Å². The average molecular weight is 763 g/mol. The molecular weight excluding hydrogens is 717 g/mol. The molecule has 0 fully saturated rings. The Morgan fingerprint density at radius 3 is 1.36 bits per heavy atom. The second-order valence-electron chi connectivity index (χ2n) is 16.4. The van der Waals surface area contributed by atoms with E-state index in [9.17, 15) is 0 Å². The summed E-state index contributed by atoms with van der Waals surface area (Å²) in [5.41, 5.74) is 18.5. The van der Waals surface area contributed by atoms with Crippen LogP contribution in [0.2, 0.25) is 0 Å². The number of fused-ring (bicyclic) bond motifs is 5. The molecule has 0 spiro atoms. The molecule has 59 heavy (non-hydrogen) atoms. The van der Waals surface area contributed by atoms with E-state index in [-0.39, 0.29) is 0 Å². The molecule has 3 nitrogen and oxygen atoms in total. The van der Waals surface area contributed by atoms with Gasteiger partial charge in [-0.3, -0.25) is 0 Å². The monoisotopic (exact) mass is 762 g/mol. The quantitative estimate of drug-likeness (QED) is 0.161. The Morgan fingerprint density at radius 1 is 0.322 bits per heavy atom. The molecule has 9 aromatic carbocycles. The molecule has 0 amide bonds. The van der Waals surface area contributed by atoms with Gasteiger partial charge < -0.3 is 14.2 Å². The third-order valence-corrected chi connectivity index (χ3v) is 11.7. The van der Waals surface area contributed by atoms with Crippen LogP contribution in [0.5, 0.6) is 0 Å². The van der Waals surface area contributed by atoms with Gasteiger partial charge in [0.05, 0.1) is 0 Å². The Balaban J connectivity index is 1.01. The van der Waals surface area contributed by atoms with E-state index in [1.54, 1.807) is 0 Å². The summed E-state index contributed by atoms with van der Waals surface area (Å²) in [6.07, 6.45) is 0. The van der Waals surface area contributed by atoms with E-state index >= 15 is 0 Å². The number of hydrogen-bond donors (Lipinski definition) is 0. The predicted molar refractivity (Wildman–Crippen MR) is 252 cm³/mol. The maximum absolute atomic E-state index is 6.66. The first kappa shape index (κ1) is 36.3. The fraction of sp³-hybridized carbons (Fsp3) is 0.107. The van der Waals surface area contributed by atoms with Crippen molar-refractivity contribution < 1.29 is 4.42 Å². The van der Waals surface area contributed by atoms with Crippen LogP contribution in [0.15, 0.2) is 174 Å². The van der Waals surface area contributed by atoms with Crippen LogP contribution in [0.1, 0.15) is 33.4 Å². The lowest BCUT2D eigenvalue weighted by Gasteiger charge is -2.28. The number of benzene rings is 9. The first-order chi connectivity index (χ1) is 28.6. The molecule has 0 aliphatic heterocycles. The van der Waals surface area contributed by atoms with Crippen LogP contribution in [0.4, 0.5) is 34.1 Å². The van der Waals surface area contributed by atoms with Crippen molar-refractivity contribution in [1.29, 1.82) is 0 Å². The van der Waals surface area contributed by atoms with E-state index in [1.807, 2.05) is 0 Å². The number of anilines is 6. The molecule has 1 heterocycles. The molecule has 1 aromatic heterocycles. The van der Waals surface area contributed by atoms with E-state index < -0.39 is 0 Å². The van der Waals surface area contributed by atoms with Gasteiger partial charge in [-0.05, 0) is 199 Å². The lowest BCUT2D eigenvalue weighted by Crippen LogP contribution is -2.11. The first-order valence-electron chi connectivity index (χ1n) is 20.5. The molecule has 10 aromatic rings. The number of furan rings is 1. The van der Waals surface area contributed by atoms with Gasteiger partial charge in [0.25, 0.3) is 0 Å². The van der Waals surface area contributed by atoms with Gasteiger partial charge >= 0.3 is 0 Å². The summed E-state index contributed by atoms with van der Waals surface area (Å²) in [5.74, 6) is 0. The van der Waals surface area contributed by atoms with Gasteiger partial charge in [0, 0.05) is 44.9 Å². The third kappa shape index (κ3) is 6.69. The third-order valence-electron chi connectivity index (χ3n) is 11.7. The van der Waals surface area contributed by atoms with Crippen molar-refractivity contribution >= 4 is 77.6 Å². The topological polar surface area (TPSA) is 19.6 Å². The highest BCUT2D eigenvalue weighted by Gasteiger charge is 2.19. The van der Waals surface area contributed by atoms with Gasteiger partial charge in [-0.1, -0.05) is 78.9 Å². The SMILES string of the molecule is Cc1cc(C)cc(N(c2ccc3cc(-c4ccc5c(c4)oc4cc6cc(N(c7cc(C)cc(C)c7)c7ccccc7C)ccc6cc45)ccc3c2)c2ccccc2C)c1. The van der Waals surface area contributed by atoms with Gasteiger partial charge in [0.1, 0.15) is 11.2 Å². The van der Waals surface area contributed by atoms with Crippen molar-refractivity contribution in [3.8, 4) is 11.1 Å². The zero-order valence-corrected chi connectivity index (χ0v) is 34.5.